The molecule has 16 heteroatoms. The highest BCUT2D eigenvalue weighted by Crippen LogP contribution is 2.38. The molecule has 2 saturated heterocycles. The Morgan fingerprint density at radius 3 is 2.02 bits per heavy atom. The minimum Gasteiger partial charge on any atom is -0.508 e. The minimum absolute atomic E-state index is 0.106. The van der Waals surface area contributed by atoms with Gasteiger partial charge >= 0.3 is 0 Å². The fourth-order valence-corrected chi connectivity index (χ4v) is 5.03. The van der Waals surface area contributed by atoms with Crippen molar-refractivity contribution in [3.8, 4) is 34.3 Å². The summed E-state index contributed by atoms with van der Waals surface area (Å²) in [4.78, 5) is 13.8. The van der Waals surface area contributed by atoms with E-state index >= 15 is 0 Å². The molecule has 2 aromatic carbocycles. The van der Waals surface area contributed by atoms with Crippen LogP contribution in [0.15, 0.2) is 45.6 Å². The lowest BCUT2D eigenvalue weighted by molar-refractivity contribution is -0.358. The normalized spacial score (nSPS) is 32.5. The Morgan fingerprint density at radius 2 is 1.41 bits per heavy atom. The summed E-state index contributed by atoms with van der Waals surface area (Å²) >= 11 is 0. The lowest BCUT2D eigenvalue weighted by Crippen LogP contribution is -2.65. The molecule has 240 valence electrons. The molecule has 9 N–H and O–H groups in total. The van der Waals surface area contributed by atoms with Crippen LogP contribution in [0, 0.1) is 0 Å². The van der Waals surface area contributed by atoms with Crippen molar-refractivity contribution in [2.75, 3.05) is 20.3 Å². The summed E-state index contributed by atoms with van der Waals surface area (Å²) in [5, 5.41) is 91.8. The fourth-order valence-electron chi connectivity index (χ4n) is 5.03. The molecule has 2 aliphatic heterocycles. The van der Waals surface area contributed by atoms with Crippen molar-refractivity contribution in [1.29, 1.82) is 0 Å². The molecule has 3 heterocycles. The van der Waals surface area contributed by atoms with E-state index in [1.165, 1.54) is 37.4 Å². The second kappa shape index (κ2) is 12.8. The lowest BCUT2D eigenvalue weighted by atomic mass is 9.97. The molecule has 2 fully saturated rings. The second-order valence-electron chi connectivity index (χ2n) is 10.3. The van der Waals surface area contributed by atoms with E-state index in [0.29, 0.717) is 0 Å². The van der Waals surface area contributed by atoms with Crippen LogP contribution in [0.4, 0.5) is 0 Å². The van der Waals surface area contributed by atoms with Gasteiger partial charge in [0.1, 0.15) is 70.9 Å². The number of benzene rings is 2. The largest absolute Gasteiger partial charge is 0.508 e. The van der Waals surface area contributed by atoms with Gasteiger partial charge in [0.05, 0.1) is 20.3 Å². The summed E-state index contributed by atoms with van der Waals surface area (Å²) in [7, 11) is 1.34. The SMILES string of the molecule is COc1cc(O)c2c(=O)c(OC3OC(CO)C(O)C(O)C3OC3OC(CO)C(O)C(O)C3O)c(-c3ccc(O)cc3)oc2c1. The molecule has 10 atom stereocenters. The minimum atomic E-state index is -1.92. The van der Waals surface area contributed by atoms with E-state index in [9.17, 15) is 50.8 Å². The molecule has 0 saturated carbocycles. The third-order valence-electron chi connectivity index (χ3n) is 7.47. The quantitative estimate of drug-likeness (QED) is 0.130. The average Bonchev–Trinajstić information content (AvgIpc) is 3.01. The van der Waals surface area contributed by atoms with E-state index in [1.54, 1.807) is 0 Å². The fraction of sp³-hybridized carbons (Fsp3) is 0.464. The molecule has 44 heavy (non-hydrogen) atoms. The van der Waals surface area contributed by atoms with Gasteiger partial charge in [-0.05, 0) is 24.3 Å². The number of aromatic hydroxyl groups is 2. The van der Waals surface area contributed by atoms with Gasteiger partial charge in [0.15, 0.2) is 18.2 Å². The van der Waals surface area contributed by atoms with Crippen LogP contribution in [-0.4, -0.2) is 128 Å². The van der Waals surface area contributed by atoms with E-state index in [2.05, 4.69) is 0 Å². The standard InChI is InChI=1S/C28H32O16/c1-39-12-6-13(32)17-14(7-12)40-24(10-2-4-11(31)5-3-10)25(20(17)35)43-28-26(22(37)19(34)16(9-30)42-28)44-27-23(38)21(36)18(33)15(8-29)41-27/h2-7,15-16,18-19,21-23,26-34,36-38H,8-9H2,1H3. The predicted octanol–water partition coefficient (Wildman–Crippen LogP) is -2.12. The molecular weight excluding hydrogens is 592 g/mol. The van der Waals surface area contributed by atoms with Crippen LogP contribution in [0.25, 0.3) is 22.3 Å². The summed E-state index contributed by atoms with van der Waals surface area (Å²) in [6.07, 6.45) is -17.5. The van der Waals surface area contributed by atoms with Crippen LogP contribution < -0.4 is 14.9 Å². The Bertz CT molecular complexity index is 1510. The Morgan fingerprint density at radius 1 is 0.795 bits per heavy atom. The second-order valence-corrected chi connectivity index (χ2v) is 10.3. The zero-order chi connectivity index (χ0) is 31.9. The van der Waals surface area contributed by atoms with Crippen molar-refractivity contribution in [3.63, 3.8) is 0 Å². The molecule has 1 aromatic heterocycles. The van der Waals surface area contributed by atoms with Gasteiger partial charge in [-0.3, -0.25) is 4.79 Å². The number of methoxy groups -OCH3 is 1. The summed E-state index contributed by atoms with van der Waals surface area (Å²) < 4.78 is 33.7. The van der Waals surface area contributed by atoms with E-state index < -0.39 is 91.6 Å². The molecule has 0 spiro atoms. The number of ether oxygens (including phenoxy) is 5. The summed E-state index contributed by atoms with van der Waals surface area (Å²) in [5.74, 6) is -1.29. The highest BCUT2D eigenvalue weighted by molar-refractivity contribution is 5.88. The van der Waals surface area contributed by atoms with Crippen LogP contribution in [0.1, 0.15) is 0 Å². The van der Waals surface area contributed by atoms with E-state index in [-0.39, 0.29) is 33.8 Å². The Hall–Kier alpha value is -3.55. The zero-order valence-corrected chi connectivity index (χ0v) is 23.0. The number of phenols is 2. The first kappa shape index (κ1) is 31.9. The number of hydrogen-bond acceptors (Lipinski definition) is 16. The van der Waals surface area contributed by atoms with Crippen molar-refractivity contribution in [2.45, 2.75) is 61.4 Å². The Balaban J connectivity index is 1.60. The van der Waals surface area contributed by atoms with Gasteiger partial charge in [0.25, 0.3) is 0 Å². The van der Waals surface area contributed by atoms with Crippen molar-refractivity contribution in [2.24, 2.45) is 0 Å². The number of aliphatic hydroxyl groups excluding tert-OH is 7. The van der Waals surface area contributed by atoms with E-state index in [4.69, 9.17) is 28.1 Å². The number of fused-ring (bicyclic) bond motifs is 1. The molecule has 2 aliphatic rings. The molecule has 0 bridgehead atoms. The number of phenolic OH excluding ortho intramolecular Hbond substituents is 2. The van der Waals surface area contributed by atoms with Crippen molar-refractivity contribution >= 4 is 11.0 Å². The van der Waals surface area contributed by atoms with E-state index in [1.807, 2.05) is 0 Å². The first-order valence-electron chi connectivity index (χ1n) is 13.4. The molecule has 0 aliphatic carbocycles. The zero-order valence-electron chi connectivity index (χ0n) is 23.0. The summed E-state index contributed by atoms with van der Waals surface area (Å²) in [5.41, 5.74) is -0.823. The maximum atomic E-state index is 13.8. The molecule has 0 amide bonds. The van der Waals surface area contributed by atoms with Crippen LogP contribution in [0.2, 0.25) is 0 Å². The van der Waals surface area contributed by atoms with Crippen LogP contribution in [0.3, 0.4) is 0 Å². The molecule has 0 radical (unpaired) electrons. The number of hydrogen-bond donors (Lipinski definition) is 9. The molecular formula is C28H32O16. The first-order chi connectivity index (χ1) is 21.0. The van der Waals surface area contributed by atoms with Gasteiger partial charge in [-0.15, -0.1) is 0 Å². The average molecular weight is 625 g/mol. The Labute approximate surface area is 248 Å². The third kappa shape index (κ3) is 5.80. The molecule has 16 nitrogen and oxygen atoms in total. The van der Waals surface area contributed by atoms with Gasteiger partial charge in [-0.2, -0.15) is 0 Å². The third-order valence-corrected chi connectivity index (χ3v) is 7.47. The van der Waals surface area contributed by atoms with Crippen molar-refractivity contribution in [1.82, 2.24) is 0 Å². The van der Waals surface area contributed by atoms with E-state index in [0.717, 1.165) is 6.07 Å². The summed E-state index contributed by atoms with van der Waals surface area (Å²) in [6, 6.07) is 7.89. The highest BCUT2D eigenvalue weighted by Gasteiger charge is 2.51. The Kier molecular flexibility index (Phi) is 9.28. The maximum Gasteiger partial charge on any atom is 0.239 e. The topological polar surface area (TPSA) is 258 Å². The van der Waals surface area contributed by atoms with Crippen LogP contribution in [-0.2, 0) is 14.2 Å². The van der Waals surface area contributed by atoms with Gasteiger partial charge in [-0.25, -0.2) is 0 Å². The molecule has 5 rings (SSSR count). The smallest absolute Gasteiger partial charge is 0.239 e. The molecule has 10 unspecified atom stereocenters. The maximum absolute atomic E-state index is 13.8. The van der Waals surface area contributed by atoms with Gasteiger partial charge < -0.3 is 74.1 Å². The van der Waals surface area contributed by atoms with Crippen LogP contribution in [0.5, 0.6) is 23.0 Å². The highest BCUT2D eigenvalue weighted by atomic mass is 16.8. The van der Waals surface area contributed by atoms with Gasteiger partial charge in [0, 0.05) is 17.7 Å². The van der Waals surface area contributed by atoms with Crippen molar-refractivity contribution < 1.29 is 74.1 Å². The number of aliphatic hydroxyl groups is 7. The predicted molar refractivity (Wildman–Crippen MR) is 145 cm³/mol. The van der Waals surface area contributed by atoms with Crippen molar-refractivity contribution in [3.05, 3.63) is 46.6 Å². The lowest BCUT2D eigenvalue weighted by Gasteiger charge is -2.45. The van der Waals surface area contributed by atoms with Gasteiger partial charge in [-0.1, -0.05) is 0 Å². The summed E-state index contributed by atoms with van der Waals surface area (Å²) in [6.45, 7) is -1.60. The molecule has 3 aromatic rings. The van der Waals surface area contributed by atoms with Crippen LogP contribution >= 0.6 is 0 Å². The van der Waals surface area contributed by atoms with Gasteiger partial charge in [0.2, 0.25) is 17.5 Å². The number of rotatable bonds is 8. The first-order valence-corrected chi connectivity index (χ1v) is 13.4. The monoisotopic (exact) mass is 624 g/mol.